The van der Waals surface area contributed by atoms with Crippen LogP contribution in [0, 0.1) is 19.7 Å². The molecule has 2 fully saturated rings. The molecule has 8 nitrogen and oxygen atoms in total. The molecule has 1 aromatic carbocycles. The summed E-state index contributed by atoms with van der Waals surface area (Å²) < 4.78 is 19.4. The Morgan fingerprint density at radius 1 is 1.25 bits per heavy atom. The first kappa shape index (κ1) is 22.2. The van der Waals surface area contributed by atoms with Crippen molar-refractivity contribution in [3.8, 4) is 0 Å². The number of aromatic amines is 1. The Balaban J connectivity index is 1.70. The number of rotatable bonds is 6. The Labute approximate surface area is 185 Å². The highest BCUT2D eigenvalue weighted by atomic mass is 19.1. The van der Waals surface area contributed by atoms with Crippen LogP contribution in [0.15, 0.2) is 29.8 Å². The topological polar surface area (TPSA) is 98.8 Å². The molecule has 2 saturated heterocycles. The third-order valence-electron chi connectivity index (χ3n) is 6.05. The van der Waals surface area contributed by atoms with Gasteiger partial charge in [-0.2, -0.15) is 5.10 Å². The number of halogens is 1. The van der Waals surface area contributed by atoms with Gasteiger partial charge in [-0.3, -0.25) is 19.6 Å². The molecule has 2 aromatic rings. The van der Waals surface area contributed by atoms with Gasteiger partial charge >= 0.3 is 0 Å². The number of ether oxygens (including phenoxy) is 1. The minimum atomic E-state index is -0.871. The molecule has 0 saturated carbocycles. The number of aryl methyl sites for hydroxylation is 2. The molecule has 3 heterocycles. The van der Waals surface area contributed by atoms with Crippen molar-refractivity contribution in [2.24, 2.45) is 0 Å². The normalized spacial score (nSPS) is 21.5. The van der Waals surface area contributed by atoms with Crippen LogP contribution in [0.2, 0.25) is 0 Å². The Morgan fingerprint density at radius 2 is 2.00 bits per heavy atom. The van der Waals surface area contributed by atoms with Crippen molar-refractivity contribution >= 4 is 17.4 Å². The standard InChI is InChI=1S/C23H27FN4O4/c1-14-18(15(2)26-25-14)21(29)19-20(16-5-3-6-17(24)13-16)28(23(31)22(19)30)8-4-7-27-9-11-32-12-10-27/h3,5-6,13,20,29H,4,7-12H2,1-2H3,(H,25,26). The number of H-pyrrole nitrogens is 1. The minimum Gasteiger partial charge on any atom is -0.507 e. The summed E-state index contributed by atoms with van der Waals surface area (Å²) in [5.41, 5.74) is 1.88. The van der Waals surface area contributed by atoms with E-state index in [0.29, 0.717) is 48.7 Å². The van der Waals surface area contributed by atoms with Crippen LogP contribution in [-0.2, 0) is 14.3 Å². The lowest BCUT2D eigenvalue weighted by molar-refractivity contribution is -0.140. The summed E-state index contributed by atoms with van der Waals surface area (Å²) >= 11 is 0. The van der Waals surface area contributed by atoms with Crippen LogP contribution in [0.4, 0.5) is 4.39 Å². The maximum Gasteiger partial charge on any atom is 0.295 e. The number of hydrogen-bond donors (Lipinski definition) is 2. The maximum absolute atomic E-state index is 14.1. The van der Waals surface area contributed by atoms with Crippen molar-refractivity contribution in [3.05, 3.63) is 58.2 Å². The Morgan fingerprint density at radius 3 is 2.66 bits per heavy atom. The zero-order valence-corrected chi connectivity index (χ0v) is 18.2. The Kier molecular flexibility index (Phi) is 6.38. The van der Waals surface area contributed by atoms with Crippen LogP contribution in [0.25, 0.3) is 5.76 Å². The number of carbonyl (C=O) groups is 2. The summed E-state index contributed by atoms with van der Waals surface area (Å²) in [5.74, 6) is -2.24. The number of morpholine rings is 1. The van der Waals surface area contributed by atoms with Crippen LogP contribution in [-0.4, -0.2) is 76.2 Å². The van der Waals surface area contributed by atoms with E-state index in [1.807, 2.05) is 0 Å². The van der Waals surface area contributed by atoms with Gasteiger partial charge in [-0.25, -0.2) is 4.39 Å². The molecule has 1 unspecified atom stereocenters. The van der Waals surface area contributed by atoms with E-state index in [2.05, 4.69) is 15.1 Å². The van der Waals surface area contributed by atoms with Gasteiger partial charge in [0.15, 0.2) is 0 Å². The molecule has 2 aliphatic heterocycles. The van der Waals surface area contributed by atoms with E-state index in [1.54, 1.807) is 19.9 Å². The van der Waals surface area contributed by atoms with Gasteiger partial charge in [0.2, 0.25) is 0 Å². The molecule has 0 bridgehead atoms. The quantitative estimate of drug-likeness (QED) is 0.405. The van der Waals surface area contributed by atoms with Gasteiger partial charge in [-0.15, -0.1) is 0 Å². The number of ketones is 1. The number of aliphatic hydroxyl groups excluding tert-OH is 1. The maximum atomic E-state index is 14.1. The third-order valence-corrected chi connectivity index (χ3v) is 6.05. The number of aromatic nitrogens is 2. The number of Topliss-reactive ketones (excluding diaryl/α,β-unsaturated/α-hetero) is 1. The van der Waals surface area contributed by atoms with E-state index in [0.717, 1.165) is 19.6 Å². The summed E-state index contributed by atoms with van der Waals surface area (Å²) in [6.45, 7) is 7.50. The van der Waals surface area contributed by atoms with Gasteiger partial charge < -0.3 is 14.7 Å². The van der Waals surface area contributed by atoms with Crippen LogP contribution in [0.3, 0.4) is 0 Å². The van der Waals surface area contributed by atoms with E-state index in [-0.39, 0.29) is 11.3 Å². The summed E-state index contributed by atoms with van der Waals surface area (Å²) in [5, 5.41) is 18.0. The van der Waals surface area contributed by atoms with Gasteiger partial charge in [-0.05, 0) is 38.0 Å². The zero-order chi connectivity index (χ0) is 22.8. The van der Waals surface area contributed by atoms with Crippen LogP contribution in [0.5, 0.6) is 0 Å². The predicted octanol–water partition coefficient (Wildman–Crippen LogP) is 2.31. The molecule has 1 amide bonds. The summed E-state index contributed by atoms with van der Waals surface area (Å²) in [6, 6.07) is 4.93. The SMILES string of the molecule is Cc1n[nH]c(C)c1C(O)=C1C(=O)C(=O)N(CCCN2CCOCC2)C1c1cccc(F)c1. The van der Waals surface area contributed by atoms with E-state index in [1.165, 1.54) is 23.1 Å². The van der Waals surface area contributed by atoms with Gasteiger partial charge in [-0.1, -0.05) is 12.1 Å². The monoisotopic (exact) mass is 442 g/mol. The summed E-state index contributed by atoms with van der Waals surface area (Å²) in [4.78, 5) is 29.7. The van der Waals surface area contributed by atoms with Gasteiger partial charge in [0.25, 0.3) is 11.7 Å². The molecule has 0 aliphatic carbocycles. The van der Waals surface area contributed by atoms with Crippen molar-refractivity contribution in [3.63, 3.8) is 0 Å². The molecule has 2 N–H and O–H groups in total. The van der Waals surface area contributed by atoms with E-state index >= 15 is 0 Å². The number of aliphatic hydroxyl groups is 1. The van der Waals surface area contributed by atoms with E-state index < -0.39 is 23.5 Å². The van der Waals surface area contributed by atoms with E-state index in [9.17, 15) is 19.1 Å². The minimum absolute atomic E-state index is 0.0421. The molecule has 0 spiro atoms. The predicted molar refractivity (Wildman–Crippen MR) is 115 cm³/mol. The number of benzene rings is 1. The number of nitrogens with zero attached hydrogens (tertiary/aromatic N) is 3. The molecule has 9 heteroatoms. The fourth-order valence-corrected chi connectivity index (χ4v) is 4.46. The fourth-order valence-electron chi connectivity index (χ4n) is 4.46. The lowest BCUT2D eigenvalue weighted by atomic mass is 9.94. The van der Waals surface area contributed by atoms with Crippen LogP contribution in [0.1, 0.15) is 35.0 Å². The third kappa shape index (κ3) is 4.18. The van der Waals surface area contributed by atoms with Gasteiger partial charge in [0.05, 0.1) is 36.1 Å². The number of nitrogens with one attached hydrogen (secondary N) is 1. The lowest BCUT2D eigenvalue weighted by Gasteiger charge is -2.29. The van der Waals surface area contributed by atoms with Crippen LogP contribution < -0.4 is 0 Å². The highest BCUT2D eigenvalue weighted by Gasteiger charge is 2.46. The first-order valence-corrected chi connectivity index (χ1v) is 10.7. The highest BCUT2D eigenvalue weighted by molar-refractivity contribution is 6.46. The molecule has 2 aliphatic rings. The molecule has 32 heavy (non-hydrogen) atoms. The molecular formula is C23H27FN4O4. The van der Waals surface area contributed by atoms with Crippen molar-refractivity contribution < 1.29 is 23.8 Å². The molecule has 1 aromatic heterocycles. The number of likely N-dealkylation sites (tertiary alicyclic amines) is 1. The summed E-state index contributed by atoms with van der Waals surface area (Å²) in [6.07, 6.45) is 0.642. The molecule has 4 rings (SSSR count). The van der Waals surface area contributed by atoms with Crippen molar-refractivity contribution in [2.75, 3.05) is 39.4 Å². The van der Waals surface area contributed by atoms with Crippen molar-refractivity contribution in [1.29, 1.82) is 0 Å². The lowest BCUT2D eigenvalue weighted by Crippen LogP contribution is -2.39. The number of hydrogen-bond acceptors (Lipinski definition) is 6. The first-order chi connectivity index (χ1) is 15.4. The first-order valence-electron chi connectivity index (χ1n) is 10.7. The van der Waals surface area contributed by atoms with Crippen molar-refractivity contribution in [1.82, 2.24) is 20.0 Å². The Hall–Kier alpha value is -3.04. The Bertz CT molecular complexity index is 1040. The number of carbonyl (C=O) groups excluding carboxylic acids is 2. The largest absolute Gasteiger partial charge is 0.507 e. The average molecular weight is 442 g/mol. The van der Waals surface area contributed by atoms with E-state index in [4.69, 9.17) is 4.74 Å². The second-order valence-corrected chi connectivity index (χ2v) is 8.16. The number of amides is 1. The van der Waals surface area contributed by atoms with Crippen molar-refractivity contribution in [2.45, 2.75) is 26.3 Å². The molecular weight excluding hydrogens is 415 g/mol. The second-order valence-electron chi connectivity index (χ2n) is 8.16. The average Bonchev–Trinajstić information content (AvgIpc) is 3.24. The van der Waals surface area contributed by atoms with Gasteiger partial charge in [0, 0.05) is 31.9 Å². The van der Waals surface area contributed by atoms with Crippen LogP contribution >= 0.6 is 0 Å². The summed E-state index contributed by atoms with van der Waals surface area (Å²) in [7, 11) is 0. The molecule has 170 valence electrons. The zero-order valence-electron chi connectivity index (χ0n) is 18.2. The smallest absolute Gasteiger partial charge is 0.295 e. The van der Waals surface area contributed by atoms with Gasteiger partial charge in [0.1, 0.15) is 11.6 Å². The fraction of sp³-hybridized carbons (Fsp3) is 0.435. The molecule has 0 radical (unpaired) electrons. The highest BCUT2D eigenvalue weighted by Crippen LogP contribution is 2.40. The molecule has 1 atom stereocenters. The second kappa shape index (κ2) is 9.22.